The number of aliphatic carboxylic acids is 1. The molecule has 49 heavy (non-hydrogen) atoms. The van der Waals surface area contributed by atoms with Crippen LogP contribution in [0.15, 0.2) is 46.9 Å². The summed E-state index contributed by atoms with van der Waals surface area (Å²) in [5, 5.41) is 11.5. The van der Waals surface area contributed by atoms with Crippen LogP contribution >= 0.6 is 11.6 Å². The van der Waals surface area contributed by atoms with E-state index in [1.807, 2.05) is 15.5 Å². The third-order valence-electron chi connectivity index (χ3n) is 10.2. The fraction of sp³-hybridized carbons (Fsp3) is 0.457. The van der Waals surface area contributed by atoms with Crippen molar-refractivity contribution in [2.45, 2.75) is 76.0 Å². The summed E-state index contributed by atoms with van der Waals surface area (Å²) in [5.41, 5.74) is 2.19. The van der Waals surface area contributed by atoms with Crippen molar-refractivity contribution >= 4 is 62.4 Å². The van der Waals surface area contributed by atoms with Crippen molar-refractivity contribution in [3.63, 3.8) is 0 Å². The number of hydrogen-bond donors (Lipinski definition) is 1. The molecular weight excluding hydrogens is 658 g/mol. The van der Waals surface area contributed by atoms with Crippen LogP contribution in [-0.2, 0) is 15.5 Å². The minimum absolute atomic E-state index is 0.0150. The Hall–Kier alpha value is -4.52. The van der Waals surface area contributed by atoms with Gasteiger partial charge < -0.3 is 24.1 Å². The summed E-state index contributed by atoms with van der Waals surface area (Å²) in [4.78, 5) is 42.8. The fourth-order valence-corrected chi connectivity index (χ4v) is 7.87. The monoisotopic (exact) mass is 692 g/mol. The summed E-state index contributed by atoms with van der Waals surface area (Å²) in [5.74, 6) is -5.21. The van der Waals surface area contributed by atoms with Crippen LogP contribution in [0.1, 0.15) is 63.7 Å². The van der Waals surface area contributed by atoms with E-state index in [0.29, 0.717) is 59.9 Å². The van der Waals surface area contributed by atoms with Gasteiger partial charge in [-0.05, 0) is 55.5 Å². The molecule has 0 unspecified atom stereocenters. The molecule has 256 valence electrons. The number of ether oxygens (including phenoxy) is 1. The SMILES string of the molecule is C[C@H]1CN2CC[C@@H]1n1c(nc3cc(Cl)ccc31)O[C@H]1C[C@@H](C(=O)O)N(C1)c1nc(nc3c1oc1ccccc13)C(F)(F)CCCCCC2=O. The molecule has 0 aliphatic carbocycles. The molecule has 4 aliphatic heterocycles. The molecule has 0 radical (unpaired) electrons. The molecule has 7 heterocycles. The number of carbonyl (C=O) groups is 2. The Bertz CT molecular complexity index is 2100. The van der Waals surface area contributed by atoms with Crippen LogP contribution < -0.4 is 9.64 Å². The zero-order chi connectivity index (χ0) is 34.0. The maximum Gasteiger partial charge on any atom is 0.326 e. The number of rotatable bonds is 1. The molecular formula is C35H35ClF2N6O5. The number of imidazole rings is 1. The highest BCUT2D eigenvalue weighted by molar-refractivity contribution is 6.31. The number of furan rings is 1. The summed E-state index contributed by atoms with van der Waals surface area (Å²) < 4.78 is 46.6. The highest BCUT2D eigenvalue weighted by Crippen LogP contribution is 2.42. The van der Waals surface area contributed by atoms with Crippen LogP contribution in [0.3, 0.4) is 0 Å². The van der Waals surface area contributed by atoms with Crippen molar-refractivity contribution < 1.29 is 32.6 Å². The average molecular weight is 693 g/mol. The number of benzene rings is 2. The number of nitrogens with zero attached hydrogens (tertiary/aromatic N) is 6. The molecule has 9 rings (SSSR count). The maximum absolute atomic E-state index is 15.9. The van der Waals surface area contributed by atoms with Gasteiger partial charge in [0.25, 0.3) is 6.01 Å². The highest BCUT2D eigenvalue weighted by atomic mass is 35.5. The van der Waals surface area contributed by atoms with Crippen LogP contribution in [0.2, 0.25) is 5.02 Å². The molecule has 2 fully saturated rings. The van der Waals surface area contributed by atoms with E-state index in [9.17, 15) is 14.7 Å². The average Bonchev–Trinajstić information content (AvgIpc) is 3.77. The second kappa shape index (κ2) is 12.1. The van der Waals surface area contributed by atoms with Crippen LogP contribution in [0.4, 0.5) is 14.6 Å². The van der Waals surface area contributed by atoms with E-state index in [4.69, 9.17) is 25.7 Å². The number of carboxylic acid groups (broad SMARTS) is 1. The Balaban J connectivity index is 1.26. The van der Waals surface area contributed by atoms with E-state index in [1.54, 1.807) is 36.4 Å². The minimum atomic E-state index is -3.41. The normalized spacial score (nSPS) is 24.8. The van der Waals surface area contributed by atoms with Crippen LogP contribution in [-0.4, -0.2) is 73.2 Å². The molecule has 5 aromatic rings. The van der Waals surface area contributed by atoms with Gasteiger partial charge in [0.1, 0.15) is 23.2 Å². The number of halogens is 3. The van der Waals surface area contributed by atoms with Gasteiger partial charge >= 0.3 is 11.9 Å². The lowest BCUT2D eigenvalue weighted by atomic mass is 9.93. The van der Waals surface area contributed by atoms with Crippen molar-refractivity contribution in [3.05, 3.63) is 53.3 Å². The van der Waals surface area contributed by atoms with Crippen LogP contribution in [0, 0.1) is 5.92 Å². The number of carbonyl (C=O) groups excluding carboxylic acids is 1. The molecule has 2 aromatic carbocycles. The summed E-state index contributed by atoms with van der Waals surface area (Å²) >= 11 is 6.35. The number of alkyl halides is 2. The topological polar surface area (TPSA) is 127 Å². The van der Waals surface area contributed by atoms with E-state index in [-0.39, 0.29) is 60.6 Å². The fourth-order valence-electron chi connectivity index (χ4n) is 7.70. The van der Waals surface area contributed by atoms with Gasteiger partial charge in [-0.2, -0.15) is 13.8 Å². The number of amides is 1. The summed E-state index contributed by atoms with van der Waals surface area (Å²) in [6.07, 6.45) is 0.874. The van der Waals surface area contributed by atoms with Crippen molar-refractivity contribution in [2.24, 2.45) is 5.92 Å². The Morgan fingerprint density at radius 1 is 1.08 bits per heavy atom. The second-order valence-corrected chi connectivity index (χ2v) is 13.9. The van der Waals surface area contributed by atoms with E-state index < -0.39 is 36.3 Å². The number of anilines is 1. The van der Waals surface area contributed by atoms with Gasteiger partial charge in [-0.3, -0.25) is 9.36 Å². The molecule has 0 saturated carbocycles. The molecule has 14 heteroatoms. The predicted octanol–water partition coefficient (Wildman–Crippen LogP) is 6.96. The quantitative estimate of drug-likeness (QED) is 0.198. The number of hydrogen-bond acceptors (Lipinski definition) is 8. The lowest BCUT2D eigenvalue weighted by Crippen LogP contribution is -2.43. The number of para-hydroxylation sites is 1. The molecule has 6 bridgehead atoms. The van der Waals surface area contributed by atoms with Crippen molar-refractivity contribution in [3.8, 4) is 6.01 Å². The first-order valence-electron chi connectivity index (χ1n) is 16.8. The Morgan fingerprint density at radius 3 is 2.73 bits per heavy atom. The van der Waals surface area contributed by atoms with Crippen LogP contribution in [0.5, 0.6) is 6.01 Å². The predicted molar refractivity (Wildman–Crippen MR) is 178 cm³/mol. The van der Waals surface area contributed by atoms with E-state index in [1.165, 1.54) is 4.90 Å². The van der Waals surface area contributed by atoms with E-state index in [2.05, 4.69) is 16.9 Å². The van der Waals surface area contributed by atoms with Crippen molar-refractivity contribution in [1.82, 2.24) is 24.4 Å². The van der Waals surface area contributed by atoms with E-state index >= 15 is 8.78 Å². The van der Waals surface area contributed by atoms with Crippen molar-refractivity contribution in [2.75, 3.05) is 24.5 Å². The lowest BCUT2D eigenvalue weighted by Gasteiger charge is -2.38. The van der Waals surface area contributed by atoms with Gasteiger partial charge in [-0.15, -0.1) is 0 Å². The molecule has 1 N–H and O–H groups in total. The zero-order valence-corrected chi connectivity index (χ0v) is 27.6. The van der Waals surface area contributed by atoms with Gasteiger partial charge in [-0.25, -0.2) is 14.8 Å². The van der Waals surface area contributed by atoms with Crippen molar-refractivity contribution in [1.29, 1.82) is 0 Å². The smallest absolute Gasteiger partial charge is 0.326 e. The first-order chi connectivity index (χ1) is 23.6. The number of piperidine rings is 1. The Morgan fingerprint density at radius 2 is 1.92 bits per heavy atom. The highest BCUT2D eigenvalue weighted by Gasteiger charge is 2.44. The van der Waals surface area contributed by atoms with Gasteiger partial charge in [0.2, 0.25) is 11.7 Å². The third kappa shape index (κ3) is 5.61. The zero-order valence-electron chi connectivity index (χ0n) is 26.8. The molecule has 1 amide bonds. The number of aromatic nitrogens is 4. The number of fused-ring (bicyclic) bond motifs is 12. The lowest BCUT2D eigenvalue weighted by molar-refractivity contribution is -0.138. The molecule has 11 nitrogen and oxygen atoms in total. The third-order valence-corrected chi connectivity index (χ3v) is 10.4. The second-order valence-electron chi connectivity index (χ2n) is 13.5. The largest absolute Gasteiger partial charge is 0.480 e. The summed E-state index contributed by atoms with van der Waals surface area (Å²) in [6.45, 7) is 3.19. The summed E-state index contributed by atoms with van der Waals surface area (Å²) in [7, 11) is 0. The first-order valence-corrected chi connectivity index (χ1v) is 17.1. The minimum Gasteiger partial charge on any atom is -0.480 e. The van der Waals surface area contributed by atoms with Gasteiger partial charge in [-0.1, -0.05) is 37.1 Å². The molecule has 3 aromatic heterocycles. The standard InChI is InChI=1S/C35H35ClF2N6O5/c1-19-17-42-14-12-24(19)44-25-11-10-20(36)15-23(25)39-34(44)48-21-16-26(32(46)47)43(18-21)31-30-29(22-7-4-5-8-27(22)49-30)40-33(41-31)35(37,38)13-6-2-3-9-28(42)45/h4-5,7-8,10-11,15,19,21,24,26H,2-3,6,9,12-14,16-18H2,1H3,(H,46,47)/t19-,21-,24-,26-/m0/s1. The molecule has 2 saturated heterocycles. The molecule has 4 atom stereocenters. The molecule has 4 aliphatic rings. The first kappa shape index (κ1) is 31.7. The molecule has 0 spiro atoms. The maximum atomic E-state index is 15.9. The Labute approximate surface area is 284 Å². The number of carboxylic acids is 1. The van der Waals surface area contributed by atoms with Gasteiger partial charge in [0.05, 0.1) is 17.6 Å². The van der Waals surface area contributed by atoms with Gasteiger partial charge in [0.15, 0.2) is 11.4 Å². The van der Waals surface area contributed by atoms with Crippen LogP contribution in [0.25, 0.3) is 33.1 Å². The summed E-state index contributed by atoms with van der Waals surface area (Å²) in [6, 6.07) is 11.5. The Kier molecular flexibility index (Phi) is 7.84. The van der Waals surface area contributed by atoms with Gasteiger partial charge in [0, 0.05) is 48.8 Å². The van der Waals surface area contributed by atoms with E-state index in [0.717, 1.165) is 5.52 Å².